The van der Waals surface area contributed by atoms with Crippen LogP contribution in [0.4, 0.5) is 5.13 Å². The summed E-state index contributed by atoms with van der Waals surface area (Å²) in [6.07, 6.45) is 0. The van der Waals surface area contributed by atoms with Gasteiger partial charge in [0.15, 0.2) is 11.0 Å². The van der Waals surface area contributed by atoms with Crippen LogP contribution in [0.15, 0.2) is 35.5 Å². The fourth-order valence-corrected chi connectivity index (χ4v) is 4.01. The first-order chi connectivity index (χ1) is 14.0. The van der Waals surface area contributed by atoms with E-state index in [9.17, 15) is 9.59 Å². The highest BCUT2D eigenvalue weighted by Crippen LogP contribution is 2.21. The molecule has 0 saturated carbocycles. The Morgan fingerprint density at radius 2 is 1.93 bits per heavy atom. The SMILES string of the molecule is CCn1c(SCC(=O)Nc2nnc(C)s2)nnc1[C@H](C)NC(=O)c1ccccc1. The average Bonchev–Trinajstić information content (AvgIpc) is 3.32. The summed E-state index contributed by atoms with van der Waals surface area (Å²) in [5.41, 5.74) is 0.583. The third kappa shape index (κ3) is 5.39. The fraction of sp³-hybridized carbons (Fsp3) is 0.333. The van der Waals surface area contributed by atoms with E-state index in [2.05, 4.69) is 31.0 Å². The number of anilines is 1. The van der Waals surface area contributed by atoms with Crippen LogP contribution in [-0.4, -0.2) is 42.5 Å². The molecule has 0 aliphatic carbocycles. The van der Waals surface area contributed by atoms with Crippen molar-refractivity contribution in [1.82, 2.24) is 30.3 Å². The summed E-state index contributed by atoms with van der Waals surface area (Å²) in [5, 5.41) is 23.7. The van der Waals surface area contributed by atoms with Crippen LogP contribution >= 0.6 is 23.1 Å². The molecule has 3 aromatic rings. The van der Waals surface area contributed by atoms with Gasteiger partial charge in [-0.05, 0) is 32.9 Å². The summed E-state index contributed by atoms with van der Waals surface area (Å²) < 4.78 is 1.89. The van der Waals surface area contributed by atoms with E-state index in [1.807, 2.05) is 43.5 Å². The second-order valence-corrected chi connectivity index (χ2v) is 8.23. The minimum absolute atomic E-state index is 0.168. The van der Waals surface area contributed by atoms with Gasteiger partial charge in [-0.3, -0.25) is 14.9 Å². The van der Waals surface area contributed by atoms with Crippen molar-refractivity contribution in [1.29, 1.82) is 0 Å². The zero-order chi connectivity index (χ0) is 20.8. The van der Waals surface area contributed by atoms with Gasteiger partial charge in [0.2, 0.25) is 11.0 Å². The molecule has 0 bridgehead atoms. The number of nitrogens with one attached hydrogen (secondary N) is 2. The standard InChI is InChI=1S/C18H21N7O2S2/c1-4-25-15(11(2)19-16(27)13-8-6-5-7-9-13)22-24-18(25)28-10-14(26)20-17-23-21-12(3)29-17/h5-9,11H,4,10H2,1-3H3,(H,19,27)(H,20,23,26)/t11-/m0/s1. The van der Waals surface area contributed by atoms with E-state index in [0.29, 0.717) is 28.2 Å². The normalized spacial score (nSPS) is 11.8. The van der Waals surface area contributed by atoms with Crippen molar-refractivity contribution < 1.29 is 9.59 Å². The van der Waals surface area contributed by atoms with Gasteiger partial charge < -0.3 is 9.88 Å². The predicted octanol–water partition coefficient (Wildman–Crippen LogP) is 2.68. The van der Waals surface area contributed by atoms with Crippen LogP contribution in [0.25, 0.3) is 0 Å². The molecule has 2 heterocycles. The Balaban J connectivity index is 1.61. The highest BCUT2D eigenvalue weighted by atomic mass is 32.2. The van der Waals surface area contributed by atoms with Crippen molar-refractivity contribution in [2.75, 3.05) is 11.1 Å². The summed E-state index contributed by atoms with van der Waals surface area (Å²) in [7, 11) is 0. The Labute approximate surface area is 176 Å². The van der Waals surface area contributed by atoms with Crippen LogP contribution < -0.4 is 10.6 Å². The van der Waals surface area contributed by atoms with Crippen LogP contribution in [-0.2, 0) is 11.3 Å². The fourth-order valence-electron chi connectivity index (χ4n) is 2.59. The summed E-state index contributed by atoms with van der Waals surface area (Å²) in [6.45, 7) is 6.27. The number of amides is 2. The molecule has 0 spiro atoms. The number of carbonyl (C=O) groups is 2. The highest BCUT2D eigenvalue weighted by Gasteiger charge is 2.20. The monoisotopic (exact) mass is 431 g/mol. The number of nitrogens with zero attached hydrogens (tertiary/aromatic N) is 5. The van der Waals surface area contributed by atoms with E-state index in [4.69, 9.17) is 0 Å². The quantitative estimate of drug-likeness (QED) is 0.527. The van der Waals surface area contributed by atoms with Gasteiger partial charge in [-0.2, -0.15) is 0 Å². The second kappa shape index (κ2) is 9.61. The van der Waals surface area contributed by atoms with Crippen LogP contribution in [0.3, 0.4) is 0 Å². The molecule has 152 valence electrons. The number of hydrogen-bond donors (Lipinski definition) is 2. The van der Waals surface area contributed by atoms with E-state index in [0.717, 1.165) is 5.01 Å². The number of carbonyl (C=O) groups excluding carboxylic acids is 2. The largest absolute Gasteiger partial charge is 0.342 e. The smallest absolute Gasteiger partial charge is 0.251 e. The maximum absolute atomic E-state index is 12.4. The number of hydrogen-bond acceptors (Lipinski definition) is 8. The number of aromatic nitrogens is 5. The van der Waals surface area contributed by atoms with E-state index >= 15 is 0 Å². The number of benzene rings is 1. The molecule has 0 aliphatic rings. The highest BCUT2D eigenvalue weighted by molar-refractivity contribution is 7.99. The van der Waals surface area contributed by atoms with E-state index in [-0.39, 0.29) is 23.6 Å². The molecule has 29 heavy (non-hydrogen) atoms. The van der Waals surface area contributed by atoms with Crippen molar-refractivity contribution in [2.45, 2.75) is 38.5 Å². The molecule has 0 fully saturated rings. The third-order valence-corrected chi connectivity index (χ3v) is 5.66. The minimum Gasteiger partial charge on any atom is -0.342 e. The van der Waals surface area contributed by atoms with Crippen molar-refractivity contribution >= 4 is 40.0 Å². The molecule has 1 atom stereocenters. The number of rotatable bonds is 8. The Kier molecular flexibility index (Phi) is 6.94. The molecule has 1 aromatic carbocycles. The van der Waals surface area contributed by atoms with Gasteiger partial charge in [-0.15, -0.1) is 20.4 Å². The summed E-state index contributed by atoms with van der Waals surface area (Å²) in [6, 6.07) is 8.67. The molecule has 2 aromatic heterocycles. The number of thioether (sulfide) groups is 1. The van der Waals surface area contributed by atoms with Gasteiger partial charge in [-0.25, -0.2) is 0 Å². The zero-order valence-electron chi connectivity index (χ0n) is 16.2. The molecule has 0 saturated heterocycles. The van der Waals surface area contributed by atoms with Crippen LogP contribution in [0.5, 0.6) is 0 Å². The van der Waals surface area contributed by atoms with Gasteiger partial charge in [0, 0.05) is 12.1 Å². The van der Waals surface area contributed by atoms with Gasteiger partial charge >= 0.3 is 0 Å². The molecule has 2 amide bonds. The molecule has 2 N–H and O–H groups in total. The summed E-state index contributed by atoms with van der Waals surface area (Å²) >= 11 is 2.60. The molecular formula is C18H21N7O2S2. The molecule has 0 unspecified atom stereocenters. The molecule has 9 nitrogen and oxygen atoms in total. The predicted molar refractivity (Wildman–Crippen MR) is 112 cm³/mol. The van der Waals surface area contributed by atoms with Crippen LogP contribution in [0, 0.1) is 6.92 Å². The minimum atomic E-state index is -0.331. The third-order valence-electron chi connectivity index (χ3n) is 3.94. The Morgan fingerprint density at radius 1 is 1.17 bits per heavy atom. The van der Waals surface area contributed by atoms with Crippen molar-refractivity contribution in [3.8, 4) is 0 Å². The maximum Gasteiger partial charge on any atom is 0.251 e. The van der Waals surface area contributed by atoms with E-state index < -0.39 is 0 Å². The molecule has 0 radical (unpaired) electrons. The van der Waals surface area contributed by atoms with Gasteiger partial charge in [-0.1, -0.05) is 41.3 Å². The Hall–Kier alpha value is -2.79. The molecule has 11 heteroatoms. The van der Waals surface area contributed by atoms with Crippen LogP contribution in [0.1, 0.15) is 41.1 Å². The van der Waals surface area contributed by atoms with Gasteiger partial charge in [0.1, 0.15) is 5.01 Å². The topological polar surface area (TPSA) is 115 Å². The first-order valence-corrected chi connectivity index (χ1v) is 10.8. The molecule has 0 aliphatic heterocycles. The summed E-state index contributed by atoms with van der Waals surface area (Å²) in [4.78, 5) is 24.5. The van der Waals surface area contributed by atoms with Crippen molar-refractivity contribution in [2.24, 2.45) is 0 Å². The Bertz CT molecular complexity index is 987. The maximum atomic E-state index is 12.4. The molecular weight excluding hydrogens is 410 g/mol. The second-order valence-electron chi connectivity index (χ2n) is 6.11. The van der Waals surface area contributed by atoms with Crippen molar-refractivity contribution in [3.63, 3.8) is 0 Å². The zero-order valence-corrected chi connectivity index (χ0v) is 17.9. The summed E-state index contributed by atoms with van der Waals surface area (Å²) in [5.74, 6) is 0.439. The van der Waals surface area contributed by atoms with Gasteiger partial charge in [0.25, 0.3) is 5.91 Å². The van der Waals surface area contributed by atoms with Crippen molar-refractivity contribution in [3.05, 3.63) is 46.7 Å². The van der Waals surface area contributed by atoms with Gasteiger partial charge in [0.05, 0.1) is 11.8 Å². The van der Waals surface area contributed by atoms with E-state index in [1.54, 1.807) is 12.1 Å². The first-order valence-electron chi connectivity index (χ1n) is 8.99. The lowest BCUT2D eigenvalue weighted by Gasteiger charge is -2.15. The average molecular weight is 432 g/mol. The van der Waals surface area contributed by atoms with E-state index in [1.165, 1.54) is 23.1 Å². The molecule has 3 rings (SSSR count). The van der Waals surface area contributed by atoms with Crippen LogP contribution in [0.2, 0.25) is 0 Å². The lowest BCUT2D eigenvalue weighted by molar-refractivity contribution is -0.113. The lowest BCUT2D eigenvalue weighted by Crippen LogP contribution is -2.28. The first kappa shape index (κ1) is 20.9. The lowest BCUT2D eigenvalue weighted by atomic mass is 10.2. The Morgan fingerprint density at radius 3 is 2.59 bits per heavy atom. The number of aryl methyl sites for hydroxylation is 1.